The minimum atomic E-state index is -0.457. The summed E-state index contributed by atoms with van der Waals surface area (Å²) < 4.78 is 0.304. The molecule has 118 valence electrons. The molecule has 0 aliphatic carbocycles. The lowest BCUT2D eigenvalue weighted by Gasteiger charge is -2.39. The first-order chi connectivity index (χ1) is 11.0. The van der Waals surface area contributed by atoms with E-state index in [1.165, 1.54) is 5.56 Å². The molecule has 2 N–H and O–H groups in total. The van der Waals surface area contributed by atoms with Gasteiger partial charge in [0, 0.05) is 18.6 Å². The molecule has 2 aromatic rings. The molecule has 1 aliphatic heterocycles. The Morgan fingerprint density at radius 2 is 1.57 bits per heavy atom. The topological polar surface area (TPSA) is 46.3 Å². The monoisotopic (exact) mass is 308 g/mol. The molecule has 0 bridgehead atoms. The summed E-state index contributed by atoms with van der Waals surface area (Å²) in [6.07, 6.45) is 5.06. The fourth-order valence-electron chi connectivity index (χ4n) is 3.09. The highest BCUT2D eigenvalue weighted by molar-refractivity contribution is 5.92. The van der Waals surface area contributed by atoms with E-state index in [0.717, 1.165) is 29.9 Å². The van der Waals surface area contributed by atoms with E-state index in [1.807, 2.05) is 31.2 Å². The first-order valence-electron chi connectivity index (χ1n) is 7.82. The Hall–Kier alpha value is -2.59. The molecule has 1 heterocycles. The molecule has 0 radical (unpaired) electrons. The highest BCUT2D eigenvalue weighted by atomic mass is 16.2. The Labute approximate surface area is 137 Å². The van der Waals surface area contributed by atoms with E-state index in [2.05, 4.69) is 43.5 Å². The fourth-order valence-corrected chi connectivity index (χ4v) is 3.09. The fraction of sp³-hybridized carbons (Fsp3) is 0.211. The minimum Gasteiger partial charge on any atom is -0.347 e. The number of nitrogens with zero attached hydrogens (tertiary/aromatic N) is 2. The van der Waals surface area contributed by atoms with Gasteiger partial charge in [-0.25, -0.2) is 4.79 Å². The molecule has 3 rings (SSSR count). The summed E-state index contributed by atoms with van der Waals surface area (Å²) in [5.41, 5.74) is 9.95. The molecule has 0 aromatic heterocycles. The predicted octanol–water partition coefficient (Wildman–Crippen LogP) is 4.03. The van der Waals surface area contributed by atoms with Crippen molar-refractivity contribution in [2.75, 3.05) is 11.6 Å². The average molecular weight is 308 g/mol. The van der Waals surface area contributed by atoms with Gasteiger partial charge in [-0.05, 0) is 32.1 Å². The lowest BCUT2D eigenvalue weighted by molar-refractivity contribution is 0.239. The van der Waals surface area contributed by atoms with Crippen molar-refractivity contribution >= 4 is 17.4 Å². The van der Waals surface area contributed by atoms with E-state index >= 15 is 0 Å². The van der Waals surface area contributed by atoms with Crippen molar-refractivity contribution in [3.8, 4) is 0 Å². The summed E-state index contributed by atoms with van der Waals surface area (Å²) >= 11 is 0. The van der Waals surface area contributed by atoms with Gasteiger partial charge >= 0.3 is 6.03 Å². The molecule has 0 saturated carbocycles. The number of amides is 2. The van der Waals surface area contributed by atoms with Gasteiger partial charge in [0.2, 0.25) is 0 Å². The van der Waals surface area contributed by atoms with Crippen molar-refractivity contribution in [1.82, 2.24) is 4.59 Å². The summed E-state index contributed by atoms with van der Waals surface area (Å²) in [5, 5.41) is 1.66. The van der Waals surface area contributed by atoms with Crippen molar-refractivity contribution in [1.29, 1.82) is 0 Å². The van der Waals surface area contributed by atoms with Crippen LogP contribution >= 0.6 is 0 Å². The molecule has 1 unspecified atom stereocenters. The van der Waals surface area contributed by atoms with Crippen molar-refractivity contribution in [2.24, 2.45) is 5.73 Å². The zero-order valence-corrected chi connectivity index (χ0v) is 13.6. The average Bonchev–Trinajstić information content (AvgIpc) is 3.00. The van der Waals surface area contributed by atoms with Crippen LogP contribution < -0.4 is 15.3 Å². The van der Waals surface area contributed by atoms with Crippen molar-refractivity contribution in [2.45, 2.75) is 20.3 Å². The first-order valence-corrected chi connectivity index (χ1v) is 7.82. The van der Waals surface area contributed by atoms with Gasteiger partial charge < -0.3 is 5.73 Å². The van der Waals surface area contributed by atoms with Gasteiger partial charge in [0.15, 0.2) is 5.69 Å². The smallest absolute Gasteiger partial charge is 0.347 e. The molecule has 2 aromatic carbocycles. The van der Waals surface area contributed by atoms with Crippen molar-refractivity contribution in [3.05, 3.63) is 71.9 Å². The van der Waals surface area contributed by atoms with Crippen LogP contribution in [0.5, 0.6) is 0 Å². The lowest BCUT2D eigenvalue weighted by Crippen LogP contribution is -2.61. The molecular weight excluding hydrogens is 286 g/mol. The van der Waals surface area contributed by atoms with Crippen LogP contribution in [0, 0.1) is 13.8 Å². The Morgan fingerprint density at radius 3 is 2.04 bits per heavy atom. The zero-order chi connectivity index (χ0) is 16.4. The minimum absolute atomic E-state index is 0.304. The second kappa shape index (κ2) is 5.89. The number of nitrogens with two attached hydrogens (primary N) is 1. The maximum atomic E-state index is 12.3. The van der Waals surface area contributed by atoms with Crippen LogP contribution in [-0.4, -0.2) is 12.6 Å². The maximum absolute atomic E-state index is 12.3. The number of aryl methyl sites for hydroxylation is 2. The third kappa shape index (κ3) is 2.73. The van der Waals surface area contributed by atoms with Crippen molar-refractivity contribution < 1.29 is 4.79 Å². The normalized spacial score (nSPS) is 19.7. The Kier molecular flexibility index (Phi) is 3.92. The number of quaternary nitrogens is 1. The molecule has 0 saturated heterocycles. The van der Waals surface area contributed by atoms with Crippen LogP contribution in [0.4, 0.5) is 16.2 Å². The molecule has 1 aliphatic rings. The lowest BCUT2D eigenvalue weighted by atomic mass is 10.2. The third-order valence-electron chi connectivity index (χ3n) is 4.31. The van der Waals surface area contributed by atoms with E-state index in [9.17, 15) is 4.79 Å². The molecule has 2 amide bonds. The van der Waals surface area contributed by atoms with Gasteiger partial charge in [-0.3, -0.25) is 0 Å². The number of carbonyl (C=O) groups is 1. The molecule has 0 fully saturated rings. The molecule has 1 atom stereocenters. The highest BCUT2D eigenvalue weighted by Gasteiger charge is 2.42. The summed E-state index contributed by atoms with van der Waals surface area (Å²) in [6, 6.07) is 15.7. The summed E-state index contributed by atoms with van der Waals surface area (Å²) in [4.78, 5) is 12.3. The predicted molar refractivity (Wildman–Crippen MR) is 94.8 cm³/mol. The Balaban J connectivity index is 2.14. The zero-order valence-electron chi connectivity index (χ0n) is 13.6. The van der Waals surface area contributed by atoms with Gasteiger partial charge in [-0.2, -0.15) is 4.59 Å². The van der Waals surface area contributed by atoms with Crippen molar-refractivity contribution in [3.63, 3.8) is 0 Å². The number of hydrogen-bond donors (Lipinski definition) is 1. The number of urea groups is 1. The molecular formula is C19H22N3O+. The van der Waals surface area contributed by atoms with Crippen LogP contribution in [0.1, 0.15) is 17.5 Å². The van der Waals surface area contributed by atoms with E-state index < -0.39 is 6.03 Å². The number of primary amides is 1. The van der Waals surface area contributed by atoms with E-state index in [4.69, 9.17) is 5.73 Å². The largest absolute Gasteiger partial charge is 0.364 e. The Bertz CT molecular complexity index is 734. The number of rotatable bonds is 3. The van der Waals surface area contributed by atoms with Gasteiger partial charge in [0.05, 0.1) is 0 Å². The van der Waals surface area contributed by atoms with E-state index in [-0.39, 0.29) is 0 Å². The second-order valence-electron chi connectivity index (χ2n) is 6.04. The molecule has 4 heteroatoms. The molecule has 4 nitrogen and oxygen atoms in total. The van der Waals surface area contributed by atoms with Crippen LogP contribution in [-0.2, 0) is 0 Å². The number of benzene rings is 2. The van der Waals surface area contributed by atoms with Crippen LogP contribution in [0.2, 0.25) is 0 Å². The maximum Gasteiger partial charge on any atom is 0.364 e. The van der Waals surface area contributed by atoms with Gasteiger partial charge in [0.25, 0.3) is 0 Å². The first kappa shape index (κ1) is 15.3. The standard InChI is InChI=1S/C19H21N3O/c1-15-5-9-17(10-6-15)21(19(20)23)22(13-3-4-14-22)18-11-7-16(2)8-12-18/h3,5-13H,4,14H2,1-2H3,(H-,20,23)/p+1. The Morgan fingerprint density at radius 1 is 1.00 bits per heavy atom. The summed E-state index contributed by atoms with van der Waals surface area (Å²) in [6.45, 7) is 4.86. The number of carbonyl (C=O) groups excluding carboxylic acids is 1. The second-order valence-corrected chi connectivity index (χ2v) is 6.04. The van der Waals surface area contributed by atoms with Gasteiger partial charge in [0.1, 0.15) is 18.4 Å². The summed E-state index contributed by atoms with van der Waals surface area (Å²) in [5.74, 6) is 0. The van der Waals surface area contributed by atoms with E-state index in [1.54, 1.807) is 5.01 Å². The third-order valence-corrected chi connectivity index (χ3v) is 4.31. The van der Waals surface area contributed by atoms with Crippen LogP contribution in [0.3, 0.4) is 0 Å². The quantitative estimate of drug-likeness (QED) is 0.855. The highest BCUT2D eigenvalue weighted by Crippen LogP contribution is 2.34. The van der Waals surface area contributed by atoms with E-state index in [0.29, 0.717) is 4.59 Å². The molecule has 0 spiro atoms. The van der Waals surface area contributed by atoms with Gasteiger partial charge in [-0.1, -0.05) is 35.4 Å². The SMILES string of the molecule is Cc1ccc(N(C(N)=O)[N+]2(c3ccc(C)cc3)C=CCC2)cc1. The number of hydrogen-bond acceptors (Lipinski definition) is 1. The summed E-state index contributed by atoms with van der Waals surface area (Å²) in [7, 11) is 0. The van der Waals surface area contributed by atoms with Crippen LogP contribution in [0.15, 0.2) is 60.8 Å². The number of anilines is 1. The van der Waals surface area contributed by atoms with Crippen LogP contribution in [0.25, 0.3) is 0 Å². The molecule has 23 heavy (non-hydrogen) atoms. The van der Waals surface area contributed by atoms with Gasteiger partial charge in [-0.15, -0.1) is 5.01 Å².